The number of nitrogens with zero attached hydrogens (tertiary/aromatic N) is 7. The van der Waals surface area contributed by atoms with Crippen molar-refractivity contribution >= 4 is 22.2 Å². The van der Waals surface area contributed by atoms with Gasteiger partial charge in [0.1, 0.15) is 11.1 Å². The molecule has 4 heterocycles. The van der Waals surface area contributed by atoms with Gasteiger partial charge in [-0.3, -0.25) is 9.48 Å². The van der Waals surface area contributed by atoms with Gasteiger partial charge in [0.05, 0.1) is 17.5 Å². The highest BCUT2D eigenvalue weighted by Crippen LogP contribution is 2.40. The predicted octanol–water partition coefficient (Wildman–Crippen LogP) is 4.78. The van der Waals surface area contributed by atoms with Crippen LogP contribution >= 0.6 is 11.3 Å². The van der Waals surface area contributed by atoms with E-state index in [9.17, 15) is 23.2 Å². The van der Waals surface area contributed by atoms with Crippen LogP contribution in [0.4, 0.5) is 18.2 Å². The zero-order chi connectivity index (χ0) is 26.3. The summed E-state index contributed by atoms with van der Waals surface area (Å²) >= 11 is 1.39. The van der Waals surface area contributed by atoms with Crippen molar-refractivity contribution in [3.63, 3.8) is 0 Å². The van der Waals surface area contributed by atoms with Gasteiger partial charge in [-0.15, -0.1) is 11.3 Å². The SMILES string of the molecule is CC[C@H]1CCc2c(sc(NC(=O)c3ccn(-c4nc(-c5cnn(C)c5)cc(C(F)(F)F)n4)n3)c2C#N)C1. The second-order valence-electron chi connectivity index (χ2n) is 8.78. The molecule has 0 aliphatic heterocycles. The third kappa shape index (κ3) is 4.84. The molecule has 13 heteroatoms. The molecular weight excluding hydrogens is 505 g/mol. The Bertz CT molecular complexity index is 1530. The first-order valence-corrected chi connectivity index (χ1v) is 12.3. The van der Waals surface area contributed by atoms with E-state index in [1.165, 1.54) is 40.7 Å². The Hall–Kier alpha value is -4.05. The number of thiophene rings is 1. The molecule has 0 saturated heterocycles. The smallest absolute Gasteiger partial charge is 0.311 e. The third-order valence-corrected chi connectivity index (χ3v) is 7.49. The number of aromatic nitrogens is 6. The van der Waals surface area contributed by atoms with Crippen molar-refractivity contribution < 1.29 is 18.0 Å². The number of hydrogen-bond acceptors (Lipinski definition) is 7. The monoisotopic (exact) mass is 526 g/mol. The number of fused-ring (bicyclic) bond motifs is 1. The Morgan fingerprint density at radius 3 is 2.84 bits per heavy atom. The van der Waals surface area contributed by atoms with Crippen LogP contribution in [0.25, 0.3) is 17.2 Å². The first-order valence-electron chi connectivity index (χ1n) is 11.5. The molecule has 4 aromatic rings. The molecule has 1 aliphatic rings. The number of anilines is 1. The van der Waals surface area contributed by atoms with Crippen LogP contribution in [0.2, 0.25) is 0 Å². The maximum Gasteiger partial charge on any atom is 0.433 e. The Morgan fingerprint density at radius 2 is 2.16 bits per heavy atom. The van der Waals surface area contributed by atoms with Gasteiger partial charge in [0.2, 0.25) is 0 Å². The normalized spacial score (nSPS) is 15.3. The van der Waals surface area contributed by atoms with Crippen LogP contribution in [0.15, 0.2) is 30.7 Å². The van der Waals surface area contributed by atoms with Crippen molar-refractivity contribution in [2.45, 2.75) is 38.8 Å². The van der Waals surface area contributed by atoms with Crippen molar-refractivity contribution in [1.29, 1.82) is 5.26 Å². The summed E-state index contributed by atoms with van der Waals surface area (Å²) in [5.41, 5.74) is 0.637. The zero-order valence-corrected chi connectivity index (χ0v) is 20.7. The number of hydrogen-bond donors (Lipinski definition) is 1. The van der Waals surface area contributed by atoms with Crippen LogP contribution in [-0.2, 0) is 26.1 Å². The Kier molecular flexibility index (Phi) is 6.28. The lowest BCUT2D eigenvalue weighted by Gasteiger charge is -2.20. The summed E-state index contributed by atoms with van der Waals surface area (Å²) in [6, 6.07) is 4.40. The average molecular weight is 527 g/mol. The molecule has 1 N–H and O–H groups in total. The Morgan fingerprint density at radius 1 is 1.35 bits per heavy atom. The molecule has 0 unspecified atom stereocenters. The van der Waals surface area contributed by atoms with Crippen molar-refractivity contribution in [3.05, 3.63) is 58.1 Å². The van der Waals surface area contributed by atoms with Gasteiger partial charge in [0.15, 0.2) is 11.4 Å². The number of halogens is 3. The van der Waals surface area contributed by atoms with Crippen molar-refractivity contribution in [3.8, 4) is 23.3 Å². The van der Waals surface area contributed by atoms with E-state index in [4.69, 9.17) is 0 Å². The Balaban J connectivity index is 1.44. The van der Waals surface area contributed by atoms with Crippen LogP contribution in [0, 0.1) is 17.2 Å². The van der Waals surface area contributed by atoms with Crippen molar-refractivity contribution in [1.82, 2.24) is 29.5 Å². The molecular formula is C24H21F3N8OS. The van der Waals surface area contributed by atoms with E-state index in [2.05, 4.69) is 38.5 Å². The molecule has 1 amide bonds. The van der Waals surface area contributed by atoms with Gasteiger partial charge in [0.25, 0.3) is 11.9 Å². The van der Waals surface area contributed by atoms with Crippen LogP contribution in [0.3, 0.4) is 0 Å². The van der Waals surface area contributed by atoms with E-state index in [1.807, 2.05) is 0 Å². The van der Waals surface area contributed by atoms with E-state index >= 15 is 0 Å². The van der Waals surface area contributed by atoms with Gasteiger partial charge in [-0.1, -0.05) is 13.3 Å². The summed E-state index contributed by atoms with van der Waals surface area (Å²) in [6.45, 7) is 2.14. The summed E-state index contributed by atoms with van der Waals surface area (Å²) < 4.78 is 43.1. The minimum absolute atomic E-state index is 0.0140. The maximum absolute atomic E-state index is 13.5. The molecule has 1 aliphatic carbocycles. The van der Waals surface area contributed by atoms with Gasteiger partial charge < -0.3 is 5.32 Å². The fraction of sp³-hybridized carbons (Fsp3) is 0.333. The van der Waals surface area contributed by atoms with E-state index in [0.717, 1.165) is 46.9 Å². The number of nitriles is 1. The van der Waals surface area contributed by atoms with E-state index in [0.29, 0.717) is 22.0 Å². The molecule has 4 aromatic heterocycles. The highest BCUT2D eigenvalue weighted by molar-refractivity contribution is 7.16. The molecule has 37 heavy (non-hydrogen) atoms. The minimum atomic E-state index is -4.72. The van der Waals surface area contributed by atoms with Gasteiger partial charge in [0, 0.05) is 29.9 Å². The van der Waals surface area contributed by atoms with Gasteiger partial charge in [-0.2, -0.15) is 28.6 Å². The number of amides is 1. The van der Waals surface area contributed by atoms with Gasteiger partial charge >= 0.3 is 6.18 Å². The number of rotatable bonds is 5. The predicted molar refractivity (Wildman–Crippen MR) is 129 cm³/mol. The first kappa shape index (κ1) is 24.6. The van der Waals surface area contributed by atoms with E-state index in [-0.39, 0.29) is 17.3 Å². The molecule has 0 aromatic carbocycles. The van der Waals surface area contributed by atoms with Crippen LogP contribution in [-0.4, -0.2) is 35.4 Å². The molecule has 0 radical (unpaired) electrons. The third-order valence-electron chi connectivity index (χ3n) is 6.32. The van der Waals surface area contributed by atoms with Gasteiger partial charge in [-0.05, 0) is 42.9 Å². The fourth-order valence-corrected chi connectivity index (χ4v) is 5.62. The first-order chi connectivity index (χ1) is 17.7. The van der Waals surface area contributed by atoms with E-state index in [1.54, 1.807) is 7.05 Å². The quantitative estimate of drug-likeness (QED) is 0.400. The Labute approximate surface area is 213 Å². The number of nitrogens with one attached hydrogen (secondary N) is 1. The van der Waals surface area contributed by atoms with Crippen molar-refractivity contribution in [2.24, 2.45) is 13.0 Å². The summed E-state index contributed by atoms with van der Waals surface area (Å²) in [7, 11) is 1.64. The standard InChI is InChI=1S/C24H21F3N8OS/c1-3-13-4-5-15-16(10-28)22(37-19(15)8-13)32-21(36)17-6-7-35(33-17)23-30-18(14-11-29-34(2)12-14)9-20(31-23)24(25,26)27/h6-7,9,11-13H,3-5,8H2,1-2H3,(H,32,36)/t13-/m0/s1. The molecule has 0 saturated carbocycles. The highest BCUT2D eigenvalue weighted by atomic mass is 32.1. The lowest BCUT2D eigenvalue weighted by atomic mass is 9.86. The van der Waals surface area contributed by atoms with Crippen LogP contribution in [0.1, 0.15) is 52.0 Å². The molecule has 0 spiro atoms. The lowest BCUT2D eigenvalue weighted by Crippen LogP contribution is -2.15. The van der Waals surface area contributed by atoms with E-state index < -0.39 is 17.8 Å². The molecule has 0 bridgehead atoms. The number of aryl methyl sites for hydroxylation is 1. The number of carbonyl (C=O) groups is 1. The minimum Gasteiger partial charge on any atom is -0.311 e. The molecule has 9 nitrogen and oxygen atoms in total. The number of carbonyl (C=O) groups excluding carboxylic acids is 1. The summed E-state index contributed by atoms with van der Waals surface area (Å²) in [5.74, 6) is -0.371. The second kappa shape index (κ2) is 9.44. The second-order valence-corrected chi connectivity index (χ2v) is 9.88. The highest BCUT2D eigenvalue weighted by Gasteiger charge is 2.34. The molecule has 190 valence electrons. The van der Waals surface area contributed by atoms with Crippen molar-refractivity contribution in [2.75, 3.05) is 5.32 Å². The fourth-order valence-electron chi connectivity index (χ4n) is 4.32. The summed E-state index contributed by atoms with van der Waals surface area (Å²) in [5, 5.41) is 21.0. The zero-order valence-electron chi connectivity index (χ0n) is 19.9. The maximum atomic E-state index is 13.5. The largest absolute Gasteiger partial charge is 0.433 e. The van der Waals surface area contributed by atoms with Gasteiger partial charge in [-0.25, -0.2) is 14.6 Å². The molecule has 1 atom stereocenters. The van der Waals surface area contributed by atoms with Crippen LogP contribution in [0.5, 0.6) is 0 Å². The average Bonchev–Trinajstić information content (AvgIpc) is 3.61. The number of alkyl halides is 3. The summed E-state index contributed by atoms with van der Waals surface area (Å²) in [4.78, 5) is 21.9. The molecule has 0 fully saturated rings. The molecule has 5 rings (SSSR count). The summed E-state index contributed by atoms with van der Waals surface area (Å²) in [6.07, 6.45) is 3.25. The van der Waals surface area contributed by atoms with Crippen LogP contribution < -0.4 is 5.32 Å². The lowest BCUT2D eigenvalue weighted by molar-refractivity contribution is -0.141. The topological polar surface area (TPSA) is 114 Å².